The molecule has 0 unspecified atom stereocenters. The number of allylic oxidation sites excluding steroid dienone is 3. The molecule has 3 aromatic heterocycles. The molecule has 0 amide bonds. The average Bonchev–Trinajstić information content (AvgIpc) is 2.91. The second kappa shape index (κ2) is 13.7. The van der Waals surface area contributed by atoms with Crippen LogP contribution in [0, 0.1) is 5.92 Å². The van der Waals surface area contributed by atoms with Gasteiger partial charge >= 0.3 is 0 Å². The summed E-state index contributed by atoms with van der Waals surface area (Å²) in [6.45, 7) is 8.30. The molecule has 0 radical (unpaired) electrons. The van der Waals surface area contributed by atoms with E-state index < -0.39 is 0 Å². The summed E-state index contributed by atoms with van der Waals surface area (Å²) in [6, 6.07) is 13.3. The summed E-state index contributed by atoms with van der Waals surface area (Å²) in [6.07, 6.45) is 5.21. The Kier molecular flexibility index (Phi) is 10.7. The van der Waals surface area contributed by atoms with E-state index in [2.05, 4.69) is 28.8 Å². The largest absolute Gasteiger partial charge is 0.495 e. The minimum atomic E-state index is 0.308. The molecule has 0 saturated carbocycles. The number of nitrogens with zero attached hydrogens (tertiary/aromatic N) is 3. The van der Waals surface area contributed by atoms with E-state index in [-0.39, 0.29) is 0 Å². The second-order valence-corrected chi connectivity index (χ2v) is 8.54. The Morgan fingerprint density at radius 2 is 1.58 bits per heavy atom. The molecule has 0 aromatic carbocycles. The number of pyridine rings is 3. The third-order valence-corrected chi connectivity index (χ3v) is 5.27. The van der Waals surface area contributed by atoms with Gasteiger partial charge in [0.25, 0.3) is 0 Å². The van der Waals surface area contributed by atoms with Crippen LogP contribution in [0.5, 0.6) is 17.5 Å². The van der Waals surface area contributed by atoms with E-state index in [1.807, 2.05) is 62.4 Å². The van der Waals surface area contributed by atoms with Crippen molar-refractivity contribution in [2.75, 3.05) is 21.3 Å². The summed E-state index contributed by atoms with van der Waals surface area (Å²) in [5.74, 6) is 2.45. The molecule has 8 heteroatoms. The Morgan fingerprint density at radius 3 is 2.14 bits per heavy atom. The maximum absolute atomic E-state index is 5.89. The van der Waals surface area contributed by atoms with Crippen molar-refractivity contribution in [2.24, 2.45) is 17.4 Å². The van der Waals surface area contributed by atoms with Crippen LogP contribution in [-0.2, 0) is 0 Å². The van der Waals surface area contributed by atoms with Crippen LogP contribution in [0.15, 0.2) is 66.5 Å². The molecule has 8 nitrogen and oxygen atoms in total. The van der Waals surface area contributed by atoms with Crippen LogP contribution < -0.4 is 25.7 Å². The number of hydrogen-bond acceptors (Lipinski definition) is 8. The number of methoxy groups -OCH3 is 3. The van der Waals surface area contributed by atoms with E-state index in [4.69, 9.17) is 25.7 Å². The topological polar surface area (TPSA) is 118 Å². The lowest BCUT2D eigenvalue weighted by Gasteiger charge is -2.10. The molecule has 0 aliphatic heterocycles. The van der Waals surface area contributed by atoms with E-state index in [1.54, 1.807) is 33.6 Å². The van der Waals surface area contributed by atoms with Gasteiger partial charge in [-0.3, -0.25) is 9.97 Å². The van der Waals surface area contributed by atoms with Crippen molar-refractivity contribution in [3.8, 4) is 28.8 Å². The van der Waals surface area contributed by atoms with Gasteiger partial charge in [0, 0.05) is 17.5 Å². The first-order valence-corrected chi connectivity index (χ1v) is 11.7. The Bertz CT molecular complexity index is 1170. The molecular weight excluding hydrogens is 454 g/mol. The molecule has 0 aliphatic carbocycles. The Balaban J connectivity index is 0.000000255. The van der Waals surface area contributed by atoms with Gasteiger partial charge < -0.3 is 25.7 Å². The summed E-state index contributed by atoms with van der Waals surface area (Å²) in [7, 11) is 4.78. The van der Waals surface area contributed by atoms with Crippen molar-refractivity contribution in [3.63, 3.8) is 0 Å². The Morgan fingerprint density at radius 1 is 0.833 bits per heavy atom. The fourth-order valence-electron chi connectivity index (χ4n) is 2.95. The predicted octanol–water partition coefficient (Wildman–Crippen LogP) is 5.17. The van der Waals surface area contributed by atoms with E-state index in [0.29, 0.717) is 40.7 Å². The van der Waals surface area contributed by atoms with Crippen LogP contribution in [-0.4, -0.2) is 36.3 Å². The highest BCUT2D eigenvalue weighted by atomic mass is 16.5. The normalized spacial score (nSPS) is 11.7. The lowest BCUT2D eigenvalue weighted by molar-refractivity contribution is 0.366. The quantitative estimate of drug-likeness (QED) is 0.414. The molecule has 0 bridgehead atoms. The van der Waals surface area contributed by atoms with Crippen molar-refractivity contribution in [3.05, 3.63) is 77.9 Å². The highest BCUT2D eigenvalue weighted by molar-refractivity contribution is 5.65. The standard InChI is InChI=1S/C15H18N2O2.C13H19N3O/c1-10(2)12-6-5-7-13(16-12)11-8-9-14(18-3)17-15(11)19-4;1-9(2)11(14)5-6-12(15)13-7-4-10(17-3)8-16-13/h5-10H,1-4H3;4-9H,14-15H2,1-3H3/b;11-5-,12-6-. The minimum absolute atomic E-state index is 0.308. The Labute approximate surface area is 214 Å². The lowest BCUT2D eigenvalue weighted by Crippen LogP contribution is -2.05. The highest BCUT2D eigenvalue weighted by Gasteiger charge is 2.11. The molecule has 3 rings (SSSR count). The zero-order valence-corrected chi connectivity index (χ0v) is 22.1. The lowest BCUT2D eigenvalue weighted by atomic mass is 10.1. The van der Waals surface area contributed by atoms with Gasteiger partial charge in [0.1, 0.15) is 5.75 Å². The second-order valence-electron chi connectivity index (χ2n) is 8.54. The van der Waals surface area contributed by atoms with Crippen LogP contribution in [0.4, 0.5) is 0 Å². The third-order valence-electron chi connectivity index (χ3n) is 5.27. The van der Waals surface area contributed by atoms with Crippen LogP contribution in [0.3, 0.4) is 0 Å². The molecule has 0 aliphatic rings. The molecule has 0 saturated heterocycles. The van der Waals surface area contributed by atoms with Crippen LogP contribution in [0.2, 0.25) is 0 Å². The van der Waals surface area contributed by atoms with E-state index in [1.165, 1.54) is 0 Å². The summed E-state index contributed by atoms with van der Waals surface area (Å²) in [5, 5.41) is 0. The molecule has 3 heterocycles. The van der Waals surface area contributed by atoms with Gasteiger partial charge in [0.05, 0.1) is 50.2 Å². The number of nitrogens with two attached hydrogens (primary N) is 2. The highest BCUT2D eigenvalue weighted by Crippen LogP contribution is 2.29. The van der Waals surface area contributed by atoms with Crippen LogP contribution >= 0.6 is 0 Å². The van der Waals surface area contributed by atoms with Gasteiger partial charge in [-0.1, -0.05) is 33.8 Å². The van der Waals surface area contributed by atoms with E-state index in [9.17, 15) is 0 Å². The first-order chi connectivity index (χ1) is 17.2. The molecule has 0 fully saturated rings. The monoisotopic (exact) mass is 491 g/mol. The van der Waals surface area contributed by atoms with Gasteiger partial charge in [-0.25, -0.2) is 0 Å². The fourth-order valence-corrected chi connectivity index (χ4v) is 2.95. The smallest absolute Gasteiger partial charge is 0.225 e. The SMILES string of the molecule is COc1ccc(-c2cccc(C(C)C)n2)c(OC)n1.COc1ccc(/C(N)=C/C=C(\N)C(C)C)nc1. The third kappa shape index (κ3) is 8.01. The van der Waals surface area contributed by atoms with Crippen molar-refractivity contribution in [1.82, 2.24) is 15.0 Å². The zero-order chi connectivity index (χ0) is 26.7. The number of rotatable bonds is 8. The molecule has 3 aromatic rings. The summed E-state index contributed by atoms with van der Waals surface area (Å²) in [4.78, 5) is 13.1. The Hall–Kier alpha value is -4.07. The van der Waals surface area contributed by atoms with Gasteiger partial charge in [-0.15, -0.1) is 0 Å². The summed E-state index contributed by atoms with van der Waals surface area (Å²) >= 11 is 0. The molecule has 0 atom stereocenters. The van der Waals surface area contributed by atoms with Crippen molar-refractivity contribution >= 4 is 5.70 Å². The van der Waals surface area contributed by atoms with Gasteiger partial charge in [-0.05, 0) is 54.3 Å². The molecule has 0 spiro atoms. The van der Waals surface area contributed by atoms with Crippen molar-refractivity contribution < 1.29 is 14.2 Å². The van der Waals surface area contributed by atoms with E-state index in [0.717, 1.165) is 22.6 Å². The minimum Gasteiger partial charge on any atom is -0.495 e. The number of hydrogen-bond donors (Lipinski definition) is 2. The first-order valence-electron chi connectivity index (χ1n) is 11.7. The number of aromatic nitrogens is 3. The average molecular weight is 492 g/mol. The molecule has 192 valence electrons. The van der Waals surface area contributed by atoms with Crippen LogP contribution in [0.1, 0.15) is 45.0 Å². The van der Waals surface area contributed by atoms with Crippen molar-refractivity contribution in [2.45, 2.75) is 33.6 Å². The predicted molar refractivity (Wildman–Crippen MR) is 145 cm³/mol. The fraction of sp³-hybridized carbons (Fsp3) is 0.321. The number of ether oxygens (including phenoxy) is 3. The first kappa shape index (κ1) is 28.2. The van der Waals surface area contributed by atoms with Crippen LogP contribution in [0.25, 0.3) is 17.0 Å². The van der Waals surface area contributed by atoms with Gasteiger partial charge in [-0.2, -0.15) is 4.98 Å². The van der Waals surface area contributed by atoms with Gasteiger partial charge in [0.2, 0.25) is 11.8 Å². The molecular formula is C28H37N5O3. The van der Waals surface area contributed by atoms with E-state index >= 15 is 0 Å². The molecule has 4 N–H and O–H groups in total. The van der Waals surface area contributed by atoms with Crippen molar-refractivity contribution in [1.29, 1.82) is 0 Å². The maximum Gasteiger partial charge on any atom is 0.225 e. The van der Waals surface area contributed by atoms with Gasteiger partial charge in [0.15, 0.2) is 0 Å². The molecule has 36 heavy (non-hydrogen) atoms. The summed E-state index contributed by atoms with van der Waals surface area (Å²) in [5.41, 5.74) is 16.6. The summed E-state index contributed by atoms with van der Waals surface area (Å²) < 4.78 is 15.4. The maximum atomic E-state index is 5.89. The zero-order valence-electron chi connectivity index (χ0n) is 22.1.